The SMILES string of the molecule is CC.O=C(Nc1ccc(-c2cccc3c2OC(F)(F)O3)cn1)c1ccccc1F. The minimum atomic E-state index is -3.72. The minimum absolute atomic E-state index is 0.0746. The van der Waals surface area contributed by atoms with Gasteiger partial charge in [-0.15, -0.1) is 8.78 Å². The quantitative estimate of drug-likeness (QED) is 0.630. The number of anilines is 1. The molecule has 0 saturated carbocycles. The maximum absolute atomic E-state index is 13.6. The van der Waals surface area contributed by atoms with E-state index in [9.17, 15) is 18.0 Å². The number of fused-ring (bicyclic) bond motifs is 1. The Morgan fingerprint density at radius 2 is 1.76 bits per heavy atom. The van der Waals surface area contributed by atoms with Gasteiger partial charge in [0.15, 0.2) is 11.5 Å². The third-order valence-corrected chi connectivity index (χ3v) is 3.86. The first kappa shape index (κ1) is 20.2. The summed E-state index contributed by atoms with van der Waals surface area (Å²) in [6.07, 6.45) is -2.34. The fraction of sp³-hybridized carbons (Fsp3) is 0.143. The summed E-state index contributed by atoms with van der Waals surface area (Å²) in [6, 6.07) is 13.1. The van der Waals surface area contributed by atoms with E-state index in [1.165, 1.54) is 36.5 Å². The van der Waals surface area contributed by atoms with Gasteiger partial charge in [-0.3, -0.25) is 4.79 Å². The number of alkyl halides is 2. The Morgan fingerprint density at radius 1 is 1.00 bits per heavy atom. The van der Waals surface area contributed by atoms with Gasteiger partial charge in [0, 0.05) is 17.3 Å². The number of carbonyl (C=O) groups is 1. The van der Waals surface area contributed by atoms with E-state index >= 15 is 0 Å². The van der Waals surface area contributed by atoms with Gasteiger partial charge in [-0.05, 0) is 30.3 Å². The molecule has 2 heterocycles. The van der Waals surface area contributed by atoms with E-state index in [2.05, 4.69) is 19.8 Å². The van der Waals surface area contributed by atoms with Crippen molar-refractivity contribution in [2.45, 2.75) is 20.1 Å². The van der Waals surface area contributed by atoms with Crippen LogP contribution in [0.4, 0.5) is 19.0 Å². The number of carbonyl (C=O) groups excluding carboxylic acids is 1. The highest BCUT2D eigenvalue weighted by Gasteiger charge is 2.44. The van der Waals surface area contributed by atoms with E-state index in [1.54, 1.807) is 24.3 Å². The Balaban J connectivity index is 0.00000117. The highest BCUT2D eigenvalue weighted by molar-refractivity contribution is 6.04. The molecule has 1 N–H and O–H groups in total. The van der Waals surface area contributed by atoms with Gasteiger partial charge in [-0.2, -0.15) is 0 Å². The van der Waals surface area contributed by atoms with Crippen molar-refractivity contribution in [2.75, 3.05) is 5.32 Å². The molecule has 3 aromatic rings. The average molecular weight is 402 g/mol. The van der Waals surface area contributed by atoms with E-state index in [1.807, 2.05) is 13.8 Å². The van der Waals surface area contributed by atoms with E-state index < -0.39 is 18.0 Å². The van der Waals surface area contributed by atoms with E-state index in [0.717, 1.165) is 0 Å². The van der Waals surface area contributed by atoms with Crippen LogP contribution in [0.25, 0.3) is 11.1 Å². The lowest BCUT2D eigenvalue weighted by Crippen LogP contribution is -2.26. The van der Waals surface area contributed by atoms with Crippen LogP contribution in [-0.2, 0) is 0 Å². The molecule has 0 atom stereocenters. The van der Waals surface area contributed by atoms with Gasteiger partial charge >= 0.3 is 6.29 Å². The standard InChI is InChI=1S/C19H11F3N2O3.C2H6/c20-14-6-2-1-4-13(14)18(25)24-16-9-8-11(10-23-16)12-5-3-7-15-17(12)27-19(21,22)26-15;1-2/h1-10H,(H,23,24,25);1-2H3. The number of aromatic nitrogens is 1. The van der Waals surface area contributed by atoms with E-state index in [4.69, 9.17) is 0 Å². The Labute approximate surface area is 165 Å². The summed E-state index contributed by atoms with van der Waals surface area (Å²) in [6.45, 7) is 4.00. The number of para-hydroxylation sites is 1. The lowest BCUT2D eigenvalue weighted by molar-refractivity contribution is -0.286. The van der Waals surface area contributed by atoms with Crippen LogP contribution in [0.2, 0.25) is 0 Å². The number of amides is 1. The molecule has 0 radical (unpaired) electrons. The maximum atomic E-state index is 13.6. The second-order valence-corrected chi connectivity index (χ2v) is 5.67. The second-order valence-electron chi connectivity index (χ2n) is 5.67. The molecule has 8 heteroatoms. The smallest absolute Gasteiger partial charge is 0.395 e. The molecule has 4 rings (SSSR count). The van der Waals surface area contributed by atoms with Crippen LogP contribution < -0.4 is 14.8 Å². The fourth-order valence-corrected chi connectivity index (χ4v) is 2.65. The van der Waals surface area contributed by atoms with Crippen molar-refractivity contribution in [3.63, 3.8) is 0 Å². The first-order valence-electron chi connectivity index (χ1n) is 8.84. The number of hydrogen-bond donors (Lipinski definition) is 1. The third-order valence-electron chi connectivity index (χ3n) is 3.86. The number of halogens is 3. The summed E-state index contributed by atoms with van der Waals surface area (Å²) in [5.41, 5.74) is 0.734. The highest BCUT2D eigenvalue weighted by atomic mass is 19.3. The van der Waals surface area contributed by atoms with Gasteiger partial charge in [-0.1, -0.05) is 38.1 Å². The minimum Gasteiger partial charge on any atom is -0.395 e. The van der Waals surface area contributed by atoms with Crippen molar-refractivity contribution in [1.82, 2.24) is 4.98 Å². The summed E-state index contributed by atoms with van der Waals surface area (Å²) in [5, 5.41) is 2.48. The van der Waals surface area contributed by atoms with Crippen molar-refractivity contribution in [3.05, 3.63) is 72.2 Å². The van der Waals surface area contributed by atoms with Crippen LogP contribution in [0.1, 0.15) is 24.2 Å². The zero-order valence-corrected chi connectivity index (χ0v) is 15.6. The van der Waals surface area contributed by atoms with Crippen molar-refractivity contribution in [2.24, 2.45) is 0 Å². The lowest BCUT2D eigenvalue weighted by Gasteiger charge is -2.09. The molecule has 1 aliphatic rings. The van der Waals surface area contributed by atoms with Gasteiger partial charge in [0.2, 0.25) is 0 Å². The molecule has 0 saturated heterocycles. The molecule has 1 amide bonds. The topological polar surface area (TPSA) is 60.5 Å². The second kappa shape index (κ2) is 8.22. The van der Waals surface area contributed by atoms with Crippen LogP contribution in [0.3, 0.4) is 0 Å². The number of rotatable bonds is 3. The Hall–Kier alpha value is -3.55. The molecule has 2 aromatic carbocycles. The number of hydrogen-bond acceptors (Lipinski definition) is 4. The molecule has 29 heavy (non-hydrogen) atoms. The first-order valence-corrected chi connectivity index (χ1v) is 8.84. The molecule has 5 nitrogen and oxygen atoms in total. The summed E-state index contributed by atoms with van der Waals surface area (Å²) in [5.74, 6) is -1.28. The van der Waals surface area contributed by atoms with Gasteiger partial charge in [-0.25, -0.2) is 9.37 Å². The summed E-state index contributed by atoms with van der Waals surface area (Å²) < 4.78 is 49.2. The highest BCUT2D eigenvalue weighted by Crippen LogP contribution is 2.46. The van der Waals surface area contributed by atoms with Crippen LogP contribution in [0, 0.1) is 5.82 Å². The van der Waals surface area contributed by atoms with Gasteiger partial charge in [0.05, 0.1) is 5.56 Å². The molecule has 0 bridgehead atoms. The number of ether oxygens (including phenoxy) is 2. The van der Waals surface area contributed by atoms with Crippen LogP contribution in [0.15, 0.2) is 60.8 Å². The van der Waals surface area contributed by atoms with Gasteiger partial charge < -0.3 is 14.8 Å². The van der Waals surface area contributed by atoms with Crippen LogP contribution in [-0.4, -0.2) is 17.2 Å². The molecule has 1 aliphatic heterocycles. The first-order chi connectivity index (χ1) is 13.9. The number of benzene rings is 2. The Morgan fingerprint density at radius 3 is 2.45 bits per heavy atom. The predicted octanol–water partition coefficient (Wildman–Crippen LogP) is 5.49. The van der Waals surface area contributed by atoms with Crippen molar-refractivity contribution in [1.29, 1.82) is 0 Å². The molecule has 0 fully saturated rings. The zero-order chi connectivity index (χ0) is 21.0. The van der Waals surface area contributed by atoms with Gasteiger partial charge in [0.25, 0.3) is 5.91 Å². The monoisotopic (exact) mass is 402 g/mol. The molecule has 150 valence electrons. The largest absolute Gasteiger partial charge is 0.586 e. The van der Waals surface area contributed by atoms with Crippen molar-refractivity contribution >= 4 is 11.7 Å². The average Bonchev–Trinajstić information content (AvgIpc) is 3.04. The molecule has 0 unspecified atom stereocenters. The van der Waals surface area contributed by atoms with E-state index in [-0.39, 0.29) is 22.9 Å². The maximum Gasteiger partial charge on any atom is 0.586 e. The molecule has 0 aliphatic carbocycles. The lowest BCUT2D eigenvalue weighted by atomic mass is 10.1. The Bertz CT molecular complexity index is 1020. The predicted molar refractivity (Wildman–Crippen MR) is 102 cm³/mol. The fourth-order valence-electron chi connectivity index (χ4n) is 2.65. The number of nitrogens with zero attached hydrogens (tertiary/aromatic N) is 1. The summed E-state index contributed by atoms with van der Waals surface area (Å²) in [4.78, 5) is 16.2. The van der Waals surface area contributed by atoms with Crippen molar-refractivity contribution in [3.8, 4) is 22.6 Å². The van der Waals surface area contributed by atoms with Crippen LogP contribution in [0.5, 0.6) is 11.5 Å². The van der Waals surface area contributed by atoms with Crippen molar-refractivity contribution < 1.29 is 27.4 Å². The van der Waals surface area contributed by atoms with E-state index in [0.29, 0.717) is 11.1 Å². The summed E-state index contributed by atoms with van der Waals surface area (Å²) >= 11 is 0. The third kappa shape index (κ3) is 4.31. The molecular formula is C21H17F3N2O3. The van der Waals surface area contributed by atoms with Gasteiger partial charge in [0.1, 0.15) is 11.6 Å². The Kier molecular flexibility index (Phi) is 5.72. The number of nitrogens with one attached hydrogen (secondary N) is 1. The number of pyridine rings is 1. The summed E-state index contributed by atoms with van der Waals surface area (Å²) in [7, 11) is 0. The molecule has 0 spiro atoms. The molecule has 1 aromatic heterocycles. The van der Waals surface area contributed by atoms with Crippen LogP contribution >= 0.6 is 0 Å². The zero-order valence-electron chi connectivity index (χ0n) is 15.6. The normalized spacial score (nSPS) is 13.3. The molecular weight excluding hydrogens is 385 g/mol.